The van der Waals surface area contributed by atoms with Crippen LogP contribution in [0, 0.1) is 29.6 Å². The van der Waals surface area contributed by atoms with Crippen molar-refractivity contribution in [2.24, 2.45) is 35.3 Å². The van der Waals surface area contributed by atoms with Crippen LogP contribution in [-0.4, -0.2) is 17.5 Å². The lowest BCUT2D eigenvalue weighted by Crippen LogP contribution is -2.55. The first-order valence-corrected chi connectivity index (χ1v) is 6.99. The smallest absolute Gasteiger partial charge is 0.224 e. The number of carbonyl (C=O) groups is 1. The van der Waals surface area contributed by atoms with Crippen LogP contribution in [0.5, 0.6) is 0 Å². The van der Waals surface area contributed by atoms with Crippen molar-refractivity contribution in [2.45, 2.75) is 51.6 Å². The van der Waals surface area contributed by atoms with E-state index in [2.05, 4.69) is 5.32 Å². The van der Waals surface area contributed by atoms with E-state index in [1.54, 1.807) is 0 Å². The minimum absolute atomic E-state index is 0.0123. The van der Waals surface area contributed by atoms with Crippen LogP contribution in [0.2, 0.25) is 0 Å². The Morgan fingerprint density at radius 2 is 1.82 bits per heavy atom. The fourth-order valence-electron chi connectivity index (χ4n) is 4.19. The van der Waals surface area contributed by atoms with Gasteiger partial charge in [0.15, 0.2) is 0 Å². The molecule has 5 unspecified atom stereocenters. The molecule has 0 aliphatic heterocycles. The third-order valence-electron chi connectivity index (χ3n) is 5.62. The molecule has 0 spiro atoms. The first kappa shape index (κ1) is 11.5. The SMILES string of the molecule is CC(N)C(C)(C)NC(=O)C1C2C3CCC(C3)C12. The molecule has 3 heteroatoms. The van der Waals surface area contributed by atoms with Crippen LogP contribution < -0.4 is 11.1 Å². The summed E-state index contributed by atoms with van der Waals surface area (Å²) >= 11 is 0. The molecule has 3 aliphatic carbocycles. The summed E-state index contributed by atoms with van der Waals surface area (Å²) in [4.78, 5) is 12.3. The summed E-state index contributed by atoms with van der Waals surface area (Å²) < 4.78 is 0. The van der Waals surface area contributed by atoms with Gasteiger partial charge in [-0.25, -0.2) is 0 Å². The Labute approximate surface area is 104 Å². The van der Waals surface area contributed by atoms with Gasteiger partial charge < -0.3 is 11.1 Å². The van der Waals surface area contributed by atoms with Crippen LogP contribution in [0.4, 0.5) is 0 Å². The normalized spacial score (nSPS) is 44.4. The quantitative estimate of drug-likeness (QED) is 0.780. The fourth-order valence-corrected chi connectivity index (χ4v) is 4.19. The lowest BCUT2D eigenvalue weighted by Gasteiger charge is -2.30. The van der Waals surface area contributed by atoms with Crippen LogP contribution in [0.15, 0.2) is 0 Å². The minimum Gasteiger partial charge on any atom is -0.349 e. The molecule has 3 saturated carbocycles. The Kier molecular flexibility index (Phi) is 2.35. The molecule has 2 bridgehead atoms. The molecule has 0 heterocycles. The van der Waals surface area contributed by atoms with Gasteiger partial charge in [-0.2, -0.15) is 0 Å². The summed E-state index contributed by atoms with van der Waals surface area (Å²) in [5.74, 6) is 3.74. The van der Waals surface area contributed by atoms with Crippen molar-refractivity contribution >= 4 is 5.91 Å². The molecule has 96 valence electrons. The monoisotopic (exact) mass is 236 g/mol. The van der Waals surface area contributed by atoms with Gasteiger partial charge in [0.2, 0.25) is 5.91 Å². The average Bonchev–Trinajstić information content (AvgIpc) is 2.68. The van der Waals surface area contributed by atoms with Crippen molar-refractivity contribution in [3.05, 3.63) is 0 Å². The minimum atomic E-state index is -0.285. The van der Waals surface area contributed by atoms with Crippen LogP contribution in [0.3, 0.4) is 0 Å². The van der Waals surface area contributed by atoms with E-state index in [0.717, 1.165) is 23.7 Å². The number of amides is 1. The number of carbonyl (C=O) groups excluding carboxylic acids is 1. The molecule has 1 amide bonds. The highest BCUT2D eigenvalue weighted by Gasteiger charge is 2.67. The van der Waals surface area contributed by atoms with Crippen molar-refractivity contribution in [2.75, 3.05) is 0 Å². The highest BCUT2D eigenvalue weighted by atomic mass is 16.2. The predicted molar refractivity (Wildman–Crippen MR) is 67.2 cm³/mol. The summed E-state index contributed by atoms with van der Waals surface area (Å²) in [6, 6.07) is -0.0123. The maximum Gasteiger partial charge on any atom is 0.224 e. The van der Waals surface area contributed by atoms with Gasteiger partial charge in [0, 0.05) is 17.5 Å². The van der Waals surface area contributed by atoms with E-state index in [1.807, 2.05) is 20.8 Å². The second-order valence-corrected chi connectivity index (χ2v) is 7.01. The first-order chi connectivity index (χ1) is 7.92. The Bertz CT molecular complexity index is 334. The maximum atomic E-state index is 12.3. The topological polar surface area (TPSA) is 55.1 Å². The summed E-state index contributed by atoms with van der Waals surface area (Å²) in [7, 11) is 0. The maximum absolute atomic E-state index is 12.3. The molecular formula is C14H24N2O. The van der Waals surface area contributed by atoms with Crippen LogP contribution in [-0.2, 0) is 4.79 Å². The molecule has 0 aromatic carbocycles. The zero-order valence-electron chi connectivity index (χ0n) is 11.1. The van der Waals surface area contributed by atoms with E-state index in [-0.39, 0.29) is 17.5 Å². The van der Waals surface area contributed by atoms with E-state index in [1.165, 1.54) is 19.3 Å². The second kappa shape index (κ2) is 3.47. The predicted octanol–water partition coefficient (Wildman–Crippen LogP) is 1.52. The van der Waals surface area contributed by atoms with E-state index >= 15 is 0 Å². The van der Waals surface area contributed by atoms with Crippen molar-refractivity contribution in [3.63, 3.8) is 0 Å². The molecule has 3 N–H and O–H groups in total. The molecule has 0 saturated heterocycles. The number of fused-ring (bicyclic) bond motifs is 5. The highest BCUT2D eigenvalue weighted by molar-refractivity contribution is 5.83. The van der Waals surface area contributed by atoms with Gasteiger partial charge in [0.25, 0.3) is 0 Å². The fraction of sp³-hybridized carbons (Fsp3) is 0.929. The lowest BCUT2D eigenvalue weighted by molar-refractivity contribution is -0.125. The largest absolute Gasteiger partial charge is 0.349 e. The van der Waals surface area contributed by atoms with Gasteiger partial charge in [-0.05, 0) is 63.7 Å². The molecule has 3 rings (SSSR count). The first-order valence-electron chi connectivity index (χ1n) is 6.99. The van der Waals surface area contributed by atoms with Crippen LogP contribution >= 0.6 is 0 Å². The van der Waals surface area contributed by atoms with Crippen LogP contribution in [0.1, 0.15) is 40.0 Å². The second-order valence-electron chi connectivity index (χ2n) is 7.01. The van der Waals surface area contributed by atoms with Crippen molar-refractivity contribution in [1.29, 1.82) is 0 Å². The summed E-state index contributed by atoms with van der Waals surface area (Å²) in [6.45, 7) is 5.99. The third-order valence-corrected chi connectivity index (χ3v) is 5.62. The van der Waals surface area contributed by atoms with E-state index in [4.69, 9.17) is 5.73 Å². The molecule has 0 radical (unpaired) electrons. The van der Waals surface area contributed by atoms with Gasteiger partial charge in [0.1, 0.15) is 0 Å². The van der Waals surface area contributed by atoms with Gasteiger partial charge in [0.05, 0.1) is 0 Å². The number of hydrogen-bond donors (Lipinski definition) is 2. The number of hydrogen-bond acceptors (Lipinski definition) is 2. The highest BCUT2D eigenvalue weighted by Crippen LogP contribution is 2.69. The van der Waals surface area contributed by atoms with Crippen molar-refractivity contribution in [1.82, 2.24) is 5.32 Å². The Morgan fingerprint density at radius 3 is 2.29 bits per heavy atom. The summed E-state index contributed by atoms with van der Waals surface area (Å²) in [5.41, 5.74) is 5.62. The molecule has 17 heavy (non-hydrogen) atoms. The van der Waals surface area contributed by atoms with Gasteiger partial charge in [-0.15, -0.1) is 0 Å². The molecule has 0 aromatic rings. The van der Waals surface area contributed by atoms with Gasteiger partial charge >= 0.3 is 0 Å². The van der Waals surface area contributed by atoms with Crippen LogP contribution in [0.25, 0.3) is 0 Å². The summed E-state index contributed by atoms with van der Waals surface area (Å²) in [6.07, 6.45) is 4.13. The number of rotatable bonds is 3. The zero-order valence-corrected chi connectivity index (χ0v) is 11.1. The van der Waals surface area contributed by atoms with Crippen molar-refractivity contribution in [3.8, 4) is 0 Å². The van der Waals surface area contributed by atoms with E-state index in [9.17, 15) is 4.79 Å². The van der Waals surface area contributed by atoms with Gasteiger partial charge in [-0.3, -0.25) is 4.79 Å². The Hall–Kier alpha value is -0.570. The van der Waals surface area contributed by atoms with E-state index in [0.29, 0.717) is 5.92 Å². The number of nitrogens with two attached hydrogens (primary N) is 1. The Morgan fingerprint density at radius 1 is 1.29 bits per heavy atom. The van der Waals surface area contributed by atoms with E-state index < -0.39 is 0 Å². The molecule has 3 aliphatic rings. The number of nitrogens with one attached hydrogen (secondary N) is 1. The Balaban J connectivity index is 1.63. The average molecular weight is 236 g/mol. The third kappa shape index (κ3) is 1.62. The molecular weight excluding hydrogens is 212 g/mol. The zero-order chi connectivity index (χ0) is 12.4. The lowest BCUT2D eigenvalue weighted by atomic mass is 9.95. The molecule has 3 nitrogen and oxygen atoms in total. The molecule has 0 aromatic heterocycles. The molecule has 5 atom stereocenters. The van der Waals surface area contributed by atoms with Gasteiger partial charge in [-0.1, -0.05) is 0 Å². The standard InChI is InChI=1S/C14H24N2O/c1-7(15)14(2,3)16-13(17)12-10-8-4-5-9(6-8)11(10)12/h7-12H,4-6,15H2,1-3H3,(H,16,17). The molecule has 3 fully saturated rings. The summed E-state index contributed by atoms with van der Waals surface area (Å²) in [5, 5.41) is 3.15. The van der Waals surface area contributed by atoms with Crippen molar-refractivity contribution < 1.29 is 4.79 Å².